The van der Waals surface area contributed by atoms with Crippen molar-refractivity contribution in [2.24, 2.45) is 0 Å². The highest BCUT2D eigenvalue weighted by Crippen LogP contribution is 2.11. The first-order valence-electron chi connectivity index (χ1n) is 5.54. The van der Waals surface area contributed by atoms with Crippen LogP contribution in [0.1, 0.15) is 26.3 Å². The molecule has 2 nitrogen and oxygen atoms in total. The Labute approximate surface area is 103 Å². The van der Waals surface area contributed by atoms with Crippen molar-refractivity contribution in [3.8, 4) is 0 Å². The van der Waals surface area contributed by atoms with Crippen molar-refractivity contribution >= 4 is 17.3 Å². The van der Waals surface area contributed by atoms with Crippen molar-refractivity contribution in [1.82, 2.24) is 0 Å². The van der Waals surface area contributed by atoms with Crippen molar-refractivity contribution in [2.45, 2.75) is 32.3 Å². The van der Waals surface area contributed by atoms with Gasteiger partial charge in [0.15, 0.2) is 0 Å². The van der Waals surface area contributed by atoms with Crippen LogP contribution in [0.3, 0.4) is 0 Å². The zero-order valence-corrected chi connectivity index (χ0v) is 11.0. The summed E-state index contributed by atoms with van der Waals surface area (Å²) in [5.41, 5.74) is 2.17. The van der Waals surface area contributed by atoms with Crippen LogP contribution >= 0.6 is 11.6 Å². The van der Waals surface area contributed by atoms with Crippen LogP contribution < -0.4 is 5.32 Å². The summed E-state index contributed by atoms with van der Waals surface area (Å²) in [6, 6.07) is 8.13. The van der Waals surface area contributed by atoms with Gasteiger partial charge in [-0.3, -0.25) is 0 Å². The fraction of sp³-hybridized carbons (Fsp3) is 0.538. The van der Waals surface area contributed by atoms with E-state index in [4.69, 9.17) is 16.3 Å². The summed E-state index contributed by atoms with van der Waals surface area (Å²) in [7, 11) is 0. The van der Waals surface area contributed by atoms with Crippen LogP contribution in [-0.2, 0) is 10.6 Å². The Kier molecular flexibility index (Phi) is 5.10. The first kappa shape index (κ1) is 13.3. The molecule has 0 radical (unpaired) electrons. The highest BCUT2D eigenvalue weighted by atomic mass is 35.5. The molecule has 1 aromatic rings. The summed E-state index contributed by atoms with van der Waals surface area (Å²) in [4.78, 5) is 0. The van der Waals surface area contributed by atoms with Gasteiger partial charge in [-0.05, 0) is 38.5 Å². The van der Waals surface area contributed by atoms with Crippen LogP contribution in [0.5, 0.6) is 0 Å². The quantitative estimate of drug-likeness (QED) is 0.628. The monoisotopic (exact) mass is 241 g/mol. The molecule has 0 aliphatic heterocycles. The molecule has 0 aliphatic rings. The Balaban J connectivity index is 2.27. The number of ether oxygens (including phenoxy) is 1. The van der Waals surface area contributed by atoms with Crippen molar-refractivity contribution in [2.75, 3.05) is 18.5 Å². The molecule has 0 unspecified atom stereocenters. The smallest absolute Gasteiger partial charge is 0.0646 e. The molecule has 0 fully saturated rings. The molecule has 0 bridgehead atoms. The van der Waals surface area contributed by atoms with Crippen LogP contribution in [0.2, 0.25) is 0 Å². The van der Waals surface area contributed by atoms with E-state index in [1.807, 2.05) is 24.3 Å². The minimum absolute atomic E-state index is 0.0653. The van der Waals surface area contributed by atoms with E-state index in [9.17, 15) is 0 Å². The predicted molar refractivity (Wildman–Crippen MR) is 70.2 cm³/mol. The Morgan fingerprint density at radius 3 is 2.31 bits per heavy atom. The highest BCUT2D eigenvalue weighted by molar-refractivity contribution is 6.17. The van der Waals surface area contributed by atoms with E-state index in [2.05, 4.69) is 26.1 Å². The summed E-state index contributed by atoms with van der Waals surface area (Å²) >= 11 is 5.72. The highest BCUT2D eigenvalue weighted by Gasteiger charge is 2.08. The number of rotatable bonds is 5. The van der Waals surface area contributed by atoms with Gasteiger partial charge in [0.1, 0.15) is 0 Å². The van der Waals surface area contributed by atoms with Gasteiger partial charge < -0.3 is 10.1 Å². The summed E-state index contributed by atoms with van der Waals surface area (Å²) in [5.74, 6) is 0.563. The maximum absolute atomic E-state index is 5.72. The standard InChI is InChI=1S/C13H20ClNO/c1-13(2,3)16-9-8-15-12-6-4-11(10-14)5-7-12/h4-7,15H,8-10H2,1-3H3. The number of hydrogen-bond donors (Lipinski definition) is 1. The van der Waals surface area contributed by atoms with Gasteiger partial charge in [0, 0.05) is 18.1 Å². The molecule has 0 atom stereocenters. The zero-order valence-electron chi connectivity index (χ0n) is 10.2. The van der Waals surface area contributed by atoms with Gasteiger partial charge in [-0.1, -0.05) is 12.1 Å². The first-order chi connectivity index (χ1) is 7.51. The largest absolute Gasteiger partial charge is 0.383 e. The Morgan fingerprint density at radius 1 is 1.19 bits per heavy atom. The number of benzene rings is 1. The fourth-order valence-corrected chi connectivity index (χ4v) is 1.44. The molecule has 1 N–H and O–H groups in total. The number of hydrogen-bond acceptors (Lipinski definition) is 2. The molecule has 1 rings (SSSR count). The molecule has 90 valence electrons. The van der Waals surface area contributed by atoms with E-state index >= 15 is 0 Å². The lowest BCUT2D eigenvalue weighted by atomic mass is 10.2. The molecular formula is C13H20ClNO. The fourth-order valence-electron chi connectivity index (χ4n) is 1.26. The van der Waals surface area contributed by atoms with Crippen LogP contribution in [0, 0.1) is 0 Å². The SMILES string of the molecule is CC(C)(C)OCCNc1ccc(CCl)cc1. The molecule has 0 spiro atoms. The Morgan fingerprint density at radius 2 is 1.81 bits per heavy atom. The summed E-state index contributed by atoms with van der Waals surface area (Å²) in [5, 5.41) is 3.30. The second-order valence-electron chi connectivity index (χ2n) is 4.72. The van der Waals surface area contributed by atoms with Gasteiger partial charge in [-0.25, -0.2) is 0 Å². The van der Waals surface area contributed by atoms with Crippen molar-refractivity contribution in [1.29, 1.82) is 0 Å². The van der Waals surface area contributed by atoms with E-state index in [1.54, 1.807) is 0 Å². The van der Waals surface area contributed by atoms with Crippen LogP contribution in [0.4, 0.5) is 5.69 Å². The third-order valence-corrected chi connectivity index (χ3v) is 2.38. The summed E-state index contributed by atoms with van der Waals surface area (Å²) in [6.45, 7) is 7.70. The first-order valence-corrected chi connectivity index (χ1v) is 6.07. The van der Waals surface area contributed by atoms with Gasteiger partial charge in [-0.15, -0.1) is 11.6 Å². The van der Waals surface area contributed by atoms with Crippen molar-refractivity contribution < 1.29 is 4.74 Å². The maximum Gasteiger partial charge on any atom is 0.0646 e. The summed E-state index contributed by atoms with van der Waals surface area (Å²) < 4.78 is 5.61. The zero-order chi connectivity index (χ0) is 12.0. The lowest BCUT2D eigenvalue weighted by Gasteiger charge is -2.19. The van der Waals surface area contributed by atoms with E-state index in [0.29, 0.717) is 12.5 Å². The number of nitrogens with one attached hydrogen (secondary N) is 1. The number of alkyl halides is 1. The third kappa shape index (κ3) is 5.38. The van der Waals surface area contributed by atoms with Gasteiger partial charge >= 0.3 is 0 Å². The van der Waals surface area contributed by atoms with Crippen molar-refractivity contribution in [3.05, 3.63) is 29.8 Å². The average Bonchev–Trinajstić information content (AvgIpc) is 2.24. The molecule has 0 saturated carbocycles. The van der Waals surface area contributed by atoms with Gasteiger partial charge in [0.2, 0.25) is 0 Å². The number of halogens is 1. The van der Waals surface area contributed by atoms with E-state index in [-0.39, 0.29) is 5.60 Å². The Hall–Kier alpha value is -0.730. The van der Waals surface area contributed by atoms with Gasteiger partial charge in [0.05, 0.1) is 12.2 Å². The summed E-state index contributed by atoms with van der Waals surface area (Å²) in [6.07, 6.45) is 0. The van der Waals surface area contributed by atoms with Crippen LogP contribution in [0.25, 0.3) is 0 Å². The molecule has 0 heterocycles. The molecule has 0 amide bonds. The topological polar surface area (TPSA) is 21.3 Å². The van der Waals surface area contributed by atoms with Crippen LogP contribution in [0.15, 0.2) is 24.3 Å². The third-order valence-electron chi connectivity index (χ3n) is 2.07. The maximum atomic E-state index is 5.72. The minimum Gasteiger partial charge on any atom is -0.383 e. The molecular weight excluding hydrogens is 222 g/mol. The molecule has 0 aliphatic carbocycles. The lowest BCUT2D eigenvalue weighted by molar-refractivity contribution is 0.00333. The molecule has 16 heavy (non-hydrogen) atoms. The Bertz CT molecular complexity index is 303. The normalized spacial score (nSPS) is 11.5. The molecule has 1 aromatic carbocycles. The van der Waals surface area contributed by atoms with Crippen LogP contribution in [-0.4, -0.2) is 18.8 Å². The second-order valence-corrected chi connectivity index (χ2v) is 4.99. The average molecular weight is 242 g/mol. The van der Waals surface area contributed by atoms with Crippen molar-refractivity contribution in [3.63, 3.8) is 0 Å². The lowest BCUT2D eigenvalue weighted by Crippen LogP contribution is -2.23. The molecule has 0 aromatic heterocycles. The van der Waals surface area contributed by atoms with E-state index in [0.717, 1.165) is 17.8 Å². The van der Waals surface area contributed by atoms with Gasteiger partial charge in [-0.2, -0.15) is 0 Å². The molecule has 0 saturated heterocycles. The van der Waals surface area contributed by atoms with E-state index in [1.165, 1.54) is 0 Å². The number of anilines is 1. The second kappa shape index (κ2) is 6.12. The minimum atomic E-state index is -0.0653. The van der Waals surface area contributed by atoms with Gasteiger partial charge in [0.25, 0.3) is 0 Å². The predicted octanol–water partition coefficient (Wildman–Crippen LogP) is 3.65. The molecule has 3 heteroatoms. The van der Waals surface area contributed by atoms with E-state index < -0.39 is 0 Å².